The Kier molecular flexibility index (Phi) is 3.76. The van der Waals surface area contributed by atoms with Crippen LogP contribution in [0.1, 0.15) is 31.7 Å². The number of aliphatic hydroxyl groups excluding tert-OH is 1. The van der Waals surface area contributed by atoms with E-state index in [0.29, 0.717) is 0 Å². The van der Waals surface area contributed by atoms with Crippen LogP contribution in [0, 0.1) is 0 Å². The van der Waals surface area contributed by atoms with Gasteiger partial charge in [0.1, 0.15) is 0 Å². The summed E-state index contributed by atoms with van der Waals surface area (Å²) in [6.45, 7) is 3.97. The van der Waals surface area contributed by atoms with Gasteiger partial charge in [-0.25, -0.2) is 0 Å². The largest absolute Gasteiger partial charge is 0.393 e. The second-order valence-corrected chi connectivity index (χ2v) is 3.69. The molecule has 0 saturated heterocycles. The Labute approximate surface area is 84.4 Å². The molecule has 0 saturated carbocycles. The Morgan fingerprint density at radius 2 is 2.00 bits per heavy atom. The summed E-state index contributed by atoms with van der Waals surface area (Å²) < 4.78 is 0. The predicted molar refractivity (Wildman–Crippen MR) is 56.2 cm³/mol. The molecule has 1 aromatic carbocycles. The van der Waals surface area contributed by atoms with Gasteiger partial charge in [0.05, 0.1) is 6.10 Å². The number of hydrogen-bond acceptors (Lipinski definition) is 1. The van der Waals surface area contributed by atoms with Crippen LogP contribution in [0.15, 0.2) is 24.3 Å². The molecular formula is C11H15ClO. The normalized spacial score (nSPS) is 15.4. The molecule has 1 unspecified atom stereocenters. The fourth-order valence-electron chi connectivity index (χ4n) is 1.41. The zero-order valence-corrected chi connectivity index (χ0v) is 8.75. The summed E-state index contributed by atoms with van der Waals surface area (Å²) in [5.74, 6) is 0.110. The molecule has 72 valence electrons. The standard InChI is InChI=1S/C11H15ClO/c1-3-11(13)8(2)9-6-4-5-7-10(9)12/h4-8,11,13H,3H2,1-2H3/t8?,11-/m1/s1. The first kappa shape index (κ1) is 10.6. The first-order valence-electron chi connectivity index (χ1n) is 4.59. The monoisotopic (exact) mass is 198 g/mol. The van der Waals surface area contributed by atoms with Gasteiger partial charge < -0.3 is 5.11 Å². The molecule has 0 aliphatic heterocycles. The highest BCUT2D eigenvalue weighted by molar-refractivity contribution is 6.31. The Morgan fingerprint density at radius 1 is 1.38 bits per heavy atom. The van der Waals surface area contributed by atoms with Crippen LogP contribution < -0.4 is 0 Å². The van der Waals surface area contributed by atoms with Gasteiger partial charge in [-0.2, -0.15) is 0 Å². The quantitative estimate of drug-likeness (QED) is 0.791. The van der Waals surface area contributed by atoms with Crippen LogP contribution in [-0.2, 0) is 0 Å². The van der Waals surface area contributed by atoms with Gasteiger partial charge in [-0.1, -0.05) is 43.6 Å². The number of aliphatic hydroxyl groups is 1. The first-order chi connectivity index (χ1) is 6.16. The zero-order chi connectivity index (χ0) is 9.84. The summed E-state index contributed by atoms with van der Waals surface area (Å²) in [5, 5.41) is 10.4. The molecule has 0 bridgehead atoms. The maximum Gasteiger partial charge on any atom is 0.0604 e. The molecule has 0 spiro atoms. The van der Waals surface area contributed by atoms with Crippen molar-refractivity contribution in [2.75, 3.05) is 0 Å². The fourth-order valence-corrected chi connectivity index (χ4v) is 1.71. The third-order valence-electron chi connectivity index (χ3n) is 2.39. The van der Waals surface area contributed by atoms with Gasteiger partial charge in [-0.15, -0.1) is 0 Å². The molecule has 0 radical (unpaired) electrons. The maximum atomic E-state index is 9.65. The number of rotatable bonds is 3. The summed E-state index contributed by atoms with van der Waals surface area (Å²) in [6.07, 6.45) is 0.451. The molecule has 1 aromatic rings. The van der Waals surface area contributed by atoms with Crippen molar-refractivity contribution in [2.45, 2.75) is 32.3 Å². The molecule has 2 atom stereocenters. The predicted octanol–water partition coefficient (Wildman–Crippen LogP) is 3.21. The second kappa shape index (κ2) is 4.64. The zero-order valence-electron chi connectivity index (χ0n) is 8.00. The van der Waals surface area contributed by atoms with Gasteiger partial charge in [0, 0.05) is 10.9 Å². The van der Waals surface area contributed by atoms with Gasteiger partial charge in [-0.05, 0) is 18.1 Å². The third kappa shape index (κ3) is 2.45. The van der Waals surface area contributed by atoms with Gasteiger partial charge in [0.25, 0.3) is 0 Å². The van der Waals surface area contributed by atoms with Gasteiger partial charge in [0.15, 0.2) is 0 Å². The molecule has 2 heteroatoms. The Morgan fingerprint density at radius 3 is 2.54 bits per heavy atom. The first-order valence-corrected chi connectivity index (χ1v) is 4.97. The highest BCUT2D eigenvalue weighted by Gasteiger charge is 2.16. The fraction of sp³-hybridized carbons (Fsp3) is 0.455. The number of benzene rings is 1. The van der Waals surface area contributed by atoms with Crippen molar-refractivity contribution in [3.8, 4) is 0 Å². The van der Waals surface area contributed by atoms with E-state index >= 15 is 0 Å². The van der Waals surface area contributed by atoms with E-state index in [1.807, 2.05) is 38.1 Å². The van der Waals surface area contributed by atoms with Crippen LogP contribution in [0.25, 0.3) is 0 Å². The van der Waals surface area contributed by atoms with Crippen LogP contribution in [0.3, 0.4) is 0 Å². The summed E-state index contributed by atoms with van der Waals surface area (Å²) in [4.78, 5) is 0. The van der Waals surface area contributed by atoms with Crippen molar-refractivity contribution in [1.29, 1.82) is 0 Å². The smallest absolute Gasteiger partial charge is 0.0604 e. The molecule has 0 fully saturated rings. The lowest BCUT2D eigenvalue weighted by Crippen LogP contribution is -2.14. The maximum absolute atomic E-state index is 9.65. The van der Waals surface area contributed by atoms with Crippen molar-refractivity contribution >= 4 is 11.6 Å². The Bertz CT molecular complexity index is 273. The van der Waals surface area contributed by atoms with Crippen molar-refractivity contribution < 1.29 is 5.11 Å². The third-order valence-corrected chi connectivity index (χ3v) is 2.74. The summed E-state index contributed by atoms with van der Waals surface area (Å²) in [5.41, 5.74) is 1.03. The van der Waals surface area contributed by atoms with Crippen molar-refractivity contribution in [3.05, 3.63) is 34.9 Å². The minimum atomic E-state index is -0.306. The second-order valence-electron chi connectivity index (χ2n) is 3.29. The number of halogens is 1. The average molecular weight is 199 g/mol. The minimum absolute atomic E-state index is 0.110. The molecule has 0 amide bonds. The summed E-state index contributed by atoms with van der Waals surface area (Å²) >= 11 is 6.01. The van der Waals surface area contributed by atoms with Crippen LogP contribution >= 0.6 is 11.6 Å². The van der Waals surface area contributed by atoms with Crippen LogP contribution in [0.4, 0.5) is 0 Å². The SMILES string of the molecule is CC[C@@H](O)C(C)c1ccccc1Cl. The highest BCUT2D eigenvalue weighted by atomic mass is 35.5. The van der Waals surface area contributed by atoms with Crippen molar-refractivity contribution in [3.63, 3.8) is 0 Å². The van der Waals surface area contributed by atoms with E-state index in [0.717, 1.165) is 17.0 Å². The van der Waals surface area contributed by atoms with E-state index < -0.39 is 0 Å². The summed E-state index contributed by atoms with van der Waals surface area (Å²) in [7, 11) is 0. The molecule has 0 aliphatic carbocycles. The molecule has 0 aromatic heterocycles. The highest BCUT2D eigenvalue weighted by Crippen LogP contribution is 2.27. The van der Waals surface area contributed by atoms with Gasteiger partial charge >= 0.3 is 0 Å². The van der Waals surface area contributed by atoms with E-state index in [2.05, 4.69) is 0 Å². The van der Waals surface area contributed by atoms with E-state index in [1.54, 1.807) is 0 Å². The van der Waals surface area contributed by atoms with Gasteiger partial charge in [-0.3, -0.25) is 0 Å². The molecule has 0 aliphatic rings. The lowest BCUT2D eigenvalue weighted by molar-refractivity contribution is 0.145. The van der Waals surface area contributed by atoms with Crippen molar-refractivity contribution in [1.82, 2.24) is 0 Å². The molecule has 1 N–H and O–H groups in total. The average Bonchev–Trinajstić information content (AvgIpc) is 2.16. The van der Waals surface area contributed by atoms with Crippen molar-refractivity contribution in [2.24, 2.45) is 0 Å². The van der Waals surface area contributed by atoms with Crippen LogP contribution in [0.2, 0.25) is 5.02 Å². The molecule has 13 heavy (non-hydrogen) atoms. The lowest BCUT2D eigenvalue weighted by atomic mass is 9.94. The van der Waals surface area contributed by atoms with Crippen LogP contribution in [0.5, 0.6) is 0 Å². The molecule has 1 nitrogen and oxygen atoms in total. The molecule has 0 heterocycles. The van der Waals surface area contributed by atoms with E-state index in [-0.39, 0.29) is 12.0 Å². The Balaban J connectivity index is 2.88. The van der Waals surface area contributed by atoms with E-state index in [1.165, 1.54) is 0 Å². The number of hydrogen-bond donors (Lipinski definition) is 1. The lowest BCUT2D eigenvalue weighted by Gasteiger charge is -2.18. The summed E-state index contributed by atoms with van der Waals surface area (Å²) in [6, 6.07) is 7.67. The molecular weight excluding hydrogens is 184 g/mol. The Hall–Kier alpha value is -0.530. The molecule has 1 rings (SSSR count). The van der Waals surface area contributed by atoms with Crippen LogP contribution in [-0.4, -0.2) is 11.2 Å². The van der Waals surface area contributed by atoms with E-state index in [9.17, 15) is 5.11 Å². The minimum Gasteiger partial charge on any atom is -0.393 e. The topological polar surface area (TPSA) is 20.2 Å². The van der Waals surface area contributed by atoms with Gasteiger partial charge in [0.2, 0.25) is 0 Å². The van der Waals surface area contributed by atoms with E-state index in [4.69, 9.17) is 11.6 Å².